The number of alkyl carbamates (subject to hydrolysis) is 1. The lowest BCUT2D eigenvalue weighted by Crippen LogP contribution is -2.48. The van der Waals surface area contributed by atoms with E-state index in [1.807, 2.05) is 27.8 Å². The van der Waals surface area contributed by atoms with Crippen LogP contribution in [0.4, 0.5) is 4.79 Å². The zero-order chi connectivity index (χ0) is 28.1. The van der Waals surface area contributed by atoms with Crippen LogP contribution in [0.1, 0.15) is 59.3 Å². The van der Waals surface area contributed by atoms with Crippen molar-refractivity contribution >= 4 is 6.09 Å². The molecule has 2 aliphatic heterocycles. The number of hydrogen-bond donors (Lipinski definition) is 6. The molecule has 0 bridgehead atoms. The number of carbonyl (C=O) groups is 1. The number of amides is 1. The van der Waals surface area contributed by atoms with Gasteiger partial charge in [0.25, 0.3) is 0 Å². The van der Waals surface area contributed by atoms with Crippen molar-refractivity contribution in [1.29, 1.82) is 0 Å². The minimum atomic E-state index is -0.521. The normalized spacial score (nSPS) is 21.6. The molecule has 0 aromatic carbocycles. The highest BCUT2D eigenvalue weighted by Gasteiger charge is 2.22. The largest absolute Gasteiger partial charge is 0.444 e. The van der Waals surface area contributed by atoms with E-state index in [1.54, 1.807) is 0 Å². The lowest BCUT2D eigenvalue weighted by molar-refractivity contribution is -0.165. The van der Waals surface area contributed by atoms with Crippen LogP contribution >= 0.6 is 0 Å². The van der Waals surface area contributed by atoms with Crippen molar-refractivity contribution in [2.45, 2.75) is 89.6 Å². The van der Waals surface area contributed by atoms with Gasteiger partial charge >= 0.3 is 6.09 Å². The second-order valence-electron chi connectivity index (χ2n) is 10.6. The number of likely N-dealkylation sites (N-methyl/N-ethyl adjacent to an activating group) is 1. The van der Waals surface area contributed by atoms with Crippen molar-refractivity contribution < 1.29 is 28.5 Å². The van der Waals surface area contributed by atoms with Crippen molar-refractivity contribution in [1.82, 2.24) is 21.3 Å². The number of carbonyl (C=O) groups excluding carboxylic acids is 1. The number of rotatable bonds is 16. The molecule has 1 amide bonds. The fourth-order valence-corrected chi connectivity index (χ4v) is 3.76. The predicted octanol–water partition coefficient (Wildman–Crippen LogP) is 0.637. The van der Waals surface area contributed by atoms with Crippen molar-refractivity contribution in [3.05, 3.63) is 0 Å². The van der Waals surface area contributed by atoms with E-state index in [1.165, 1.54) is 6.42 Å². The van der Waals surface area contributed by atoms with Gasteiger partial charge in [0.1, 0.15) is 5.60 Å². The summed E-state index contributed by atoms with van der Waals surface area (Å²) >= 11 is 0. The van der Waals surface area contributed by atoms with Crippen LogP contribution in [0.2, 0.25) is 0 Å². The minimum absolute atomic E-state index is 0.000825. The third-order valence-corrected chi connectivity index (χ3v) is 5.80. The summed E-state index contributed by atoms with van der Waals surface area (Å²) in [6.07, 6.45) is 5.86. The van der Waals surface area contributed by atoms with Crippen LogP contribution in [-0.2, 0) is 23.7 Å². The maximum Gasteiger partial charge on any atom is 0.407 e. The number of ether oxygens (including phenoxy) is 5. The van der Waals surface area contributed by atoms with Crippen LogP contribution in [0, 0.1) is 0 Å². The Morgan fingerprint density at radius 3 is 1.79 bits per heavy atom. The van der Waals surface area contributed by atoms with Crippen LogP contribution in [0.5, 0.6) is 0 Å². The van der Waals surface area contributed by atoms with Crippen molar-refractivity contribution in [3.63, 3.8) is 0 Å². The highest BCUT2D eigenvalue weighted by Crippen LogP contribution is 2.14. The number of nitrogens with two attached hydrogens (primary N) is 2. The minimum Gasteiger partial charge on any atom is -0.444 e. The molecule has 38 heavy (non-hydrogen) atoms. The molecule has 2 heterocycles. The molecule has 0 saturated carbocycles. The highest BCUT2D eigenvalue weighted by molar-refractivity contribution is 5.68. The van der Waals surface area contributed by atoms with Gasteiger partial charge in [0.05, 0.1) is 19.3 Å². The monoisotopic (exact) mass is 548 g/mol. The average Bonchev–Trinajstić information content (AvgIpc) is 2.90. The van der Waals surface area contributed by atoms with Gasteiger partial charge in [0.2, 0.25) is 0 Å². The molecule has 2 unspecified atom stereocenters. The van der Waals surface area contributed by atoms with Gasteiger partial charge in [-0.05, 0) is 66.3 Å². The van der Waals surface area contributed by atoms with Crippen LogP contribution in [0.15, 0.2) is 0 Å². The van der Waals surface area contributed by atoms with Crippen LogP contribution in [0.3, 0.4) is 0 Å². The van der Waals surface area contributed by atoms with Crippen LogP contribution < -0.4 is 32.7 Å². The molecule has 2 aliphatic rings. The Hall–Kier alpha value is -1.09. The number of nitrogens with one attached hydrogen (secondary N) is 4. The second kappa shape index (κ2) is 21.7. The smallest absolute Gasteiger partial charge is 0.407 e. The van der Waals surface area contributed by atoms with E-state index >= 15 is 0 Å². The van der Waals surface area contributed by atoms with Gasteiger partial charge in [-0.1, -0.05) is 0 Å². The Morgan fingerprint density at radius 1 is 0.868 bits per heavy atom. The van der Waals surface area contributed by atoms with Crippen molar-refractivity contribution in [2.24, 2.45) is 11.5 Å². The first-order valence-corrected chi connectivity index (χ1v) is 14.2. The summed E-state index contributed by atoms with van der Waals surface area (Å²) < 4.78 is 27.8. The molecule has 8 N–H and O–H groups in total. The first-order valence-electron chi connectivity index (χ1n) is 14.2. The molecule has 0 aromatic rings. The molecule has 0 aliphatic carbocycles. The summed E-state index contributed by atoms with van der Waals surface area (Å²) in [4.78, 5) is 11.9. The Morgan fingerprint density at radius 2 is 1.37 bits per heavy atom. The maximum absolute atomic E-state index is 11.9. The van der Waals surface area contributed by atoms with E-state index < -0.39 is 11.7 Å². The van der Waals surface area contributed by atoms with E-state index in [4.69, 9.17) is 35.2 Å². The molecule has 0 radical (unpaired) electrons. The van der Waals surface area contributed by atoms with Crippen LogP contribution in [0.25, 0.3) is 0 Å². The summed E-state index contributed by atoms with van der Waals surface area (Å²) in [6, 6.07) is 0.129. The Kier molecular flexibility index (Phi) is 19.9. The third-order valence-electron chi connectivity index (χ3n) is 5.80. The molecule has 0 spiro atoms. The lowest BCUT2D eigenvalue weighted by atomic mass is 10.2. The van der Waals surface area contributed by atoms with Gasteiger partial charge in [-0.15, -0.1) is 0 Å². The Bertz CT molecular complexity index is 571. The summed E-state index contributed by atoms with van der Waals surface area (Å²) in [5, 5.41) is 12.5. The molecule has 226 valence electrons. The topological polar surface area (TPSA) is 163 Å². The second-order valence-corrected chi connectivity index (χ2v) is 10.6. The molecule has 2 rings (SSSR count). The van der Waals surface area contributed by atoms with E-state index in [2.05, 4.69) is 21.3 Å². The molecule has 12 heteroatoms. The Labute approximate surface area is 229 Å². The molecule has 0 aromatic heterocycles. The van der Waals surface area contributed by atoms with Crippen molar-refractivity contribution in [3.8, 4) is 0 Å². The maximum atomic E-state index is 11.9. The van der Waals surface area contributed by atoms with E-state index in [0.29, 0.717) is 45.4 Å². The molecular formula is C26H56N6O6. The first-order chi connectivity index (χ1) is 18.3. The van der Waals surface area contributed by atoms with Gasteiger partial charge in [0, 0.05) is 58.5 Å². The van der Waals surface area contributed by atoms with Gasteiger partial charge in [-0.2, -0.15) is 0 Å². The standard InChI is InChI=1S/C15H31N3O4.C11H25N3O2/c1-15(2,3)22-14(19)18-12(10-17-8-7-16)11-21-13-6-4-5-9-20-13;1-13-10(8-14-6-5-12)9-16-11-4-2-3-7-15-11/h12-13,17H,4-11,16H2,1-3H3,(H,18,19);10-11,13-14H,2-9,12H2,1H3/t12-,13?;10-,11?/m11/s1. The fraction of sp³-hybridized carbons (Fsp3) is 0.962. The van der Waals surface area contributed by atoms with Gasteiger partial charge in [-0.3, -0.25) is 0 Å². The van der Waals surface area contributed by atoms with Gasteiger partial charge in [0.15, 0.2) is 12.6 Å². The van der Waals surface area contributed by atoms with E-state index in [9.17, 15) is 4.79 Å². The molecule has 4 atom stereocenters. The third kappa shape index (κ3) is 19.0. The zero-order valence-electron chi connectivity index (χ0n) is 24.2. The average molecular weight is 549 g/mol. The van der Waals surface area contributed by atoms with Gasteiger partial charge < -0.3 is 56.4 Å². The summed E-state index contributed by atoms with van der Waals surface area (Å²) in [6.45, 7) is 12.3. The van der Waals surface area contributed by atoms with Gasteiger partial charge in [-0.25, -0.2) is 4.79 Å². The molecule has 12 nitrogen and oxygen atoms in total. The SMILES string of the molecule is CC(C)(C)OC(=O)N[C@H](CNCCN)COC1CCCCO1.CN[C@H](CNCCN)COC1CCCCO1. The van der Waals surface area contributed by atoms with Crippen molar-refractivity contribution in [2.75, 3.05) is 72.7 Å². The number of hydrogen-bond acceptors (Lipinski definition) is 11. The molecule has 2 saturated heterocycles. The predicted molar refractivity (Wildman–Crippen MR) is 149 cm³/mol. The lowest BCUT2D eigenvalue weighted by Gasteiger charge is -2.27. The van der Waals surface area contributed by atoms with Crippen LogP contribution in [-0.4, -0.2) is 109 Å². The first kappa shape index (κ1) is 34.9. The quantitative estimate of drug-likeness (QED) is 0.150. The highest BCUT2D eigenvalue weighted by atomic mass is 16.7. The summed E-state index contributed by atoms with van der Waals surface area (Å²) in [7, 11) is 1.94. The van der Waals surface area contributed by atoms with E-state index in [-0.39, 0.29) is 18.6 Å². The molecule has 2 fully saturated rings. The summed E-state index contributed by atoms with van der Waals surface area (Å²) in [5.41, 5.74) is 10.4. The fourth-order valence-electron chi connectivity index (χ4n) is 3.76. The zero-order valence-corrected chi connectivity index (χ0v) is 24.2. The molecular weight excluding hydrogens is 492 g/mol. The van der Waals surface area contributed by atoms with E-state index in [0.717, 1.165) is 58.4 Å². The summed E-state index contributed by atoms with van der Waals surface area (Å²) in [5.74, 6) is 0. The Balaban J connectivity index is 0.000000399.